The predicted octanol–water partition coefficient (Wildman–Crippen LogP) is 3.56. The number of ether oxygens (including phenoxy) is 2. The fourth-order valence-corrected chi connectivity index (χ4v) is 1.56. The molecule has 0 saturated heterocycles. The maximum Gasteiger partial charge on any atom is 0.338 e. The molecule has 4 heteroatoms. The van der Waals surface area contributed by atoms with Gasteiger partial charge in [-0.2, -0.15) is 0 Å². The molecule has 0 saturated carbocycles. The van der Waals surface area contributed by atoms with Crippen molar-refractivity contribution in [1.29, 1.82) is 0 Å². The zero-order valence-corrected chi connectivity index (χ0v) is 11.7. The number of hydrogen-bond acceptors (Lipinski definition) is 3. The third-order valence-electron chi connectivity index (χ3n) is 2.17. The summed E-state index contributed by atoms with van der Waals surface area (Å²) in [7, 11) is 0. The summed E-state index contributed by atoms with van der Waals surface area (Å²) < 4.78 is 10.7. The first-order chi connectivity index (χ1) is 8.49. The molecule has 0 radical (unpaired) electrons. The second-order valence-electron chi connectivity index (χ2n) is 4.66. The predicted molar refractivity (Wildman–Crippen MR) is 72.0 cm³/mol. The summed E-state index contributed by atoms with van der Waals surface area (Å²) >= 11 is 5.81. The zero-order valence-electron chi connectivity index (χ0n) is 11.0. The topological polar surface area (TPSA) is 35.5 Å². The molecule has 18 heavy (non-hydrogen) atoms. The lowest BCUT2D eigenvalue weighted by molar-refractivity contribution is -0.00248. The molecular weight excluding hydrogens is 252 g/mol. The van der Waals surface area contributed by atoms with Crippen molar-refractivity contribution in [1.82, 2.24) is 0 Å². The van der Waals surface area contributed by atoms with Gasteiger partial charge in [-0.3, -0.25) is 0 Å². The summed E-state index contributed by atoms with van der Waals surface area (Å²) in [6.07, 6.45) is -0.268. The van der Waals surface area contributed by atoms with Crippen LogP contribution in [0.15, 0.2) is 24.3 Å². The minimum absolute atomic E-state index is 0.268. The van der Waals surface area contributed by atoms with Gasteiger partial charge in [0.1, 0.15) is 6.10 Å². The highest BCUT2D eigenvalue weighted by molar-refractivity contribution is 6.30. The molecular formula is C14H19ClO3. The summed E-state index contributed by atoms with van der Waals surface area (Å²) in [5, 5.41) is 0.521. The quantitative estimate of drug-likeness (QED) is 0.742. The molecule has 0 fully saturated rings. The SMILES string of the molecule is CC(C)COCC(C)OC(=O)c1cccc(Cl)c1. The Morgan fingerprint density at radius 2 is 2.00 bits per heavy atom. The van der Waals surface area contributed by atoms with E-state index in [0.29, 0.717) is 29.7 Å². The Balaban J connectivity index is 2.40. The third kappa shape index (κ3) is 5.52. The normalized spacial score (nSPS) is 12.5. The van der Waals surface area contributed by atoms with Crippen molar-refractivity contribution in [3.63, 3.8) is 0 Å². The van der Waals surface area contributed by atoms with Gasteiger partial charge >= 0.3 is 5.97 Å². The van der Waals surface area contributed by atoms with Crippen LogP contribution >= 0.6 is 11.6 Å². The van der Waals surface area contributed by atoms with Gasteiger partial charge in [0.2, 0.25) is 0 Å². The minimum atomic E-state index is -0.377. The number of benzene rings is 1. The van der Waals surface area contributed by atoms with Crippen molar-refractivity contribution < 1.29 is 14.3 Å². The molecule has 0 aromatic heterocycles. The Hall–Kier alpha value is -1.06. The molecule has 0 amide bonds. The van der Waals surface area contributed by atoms with Crippen LogP contribution in [0.2, 0.25) is 5.02 Å². The lowest BCUT2D eigenvalue weighted by Gasteiger charge is -2.14. The van der Waals surface area contributed by atoms with Gasteiger partial charge in [0.25, 0.3) is 0 Å². The Morgan fingerprint density at radius 3 is 2.61 bits per heavy atom. The Bertz CT molecular complexity index is 390. The smallest absolute Gasteiger partial charge is 0.338 e. The second-order valence-corrected chi connectivity index (χ2v) is 5.09. The molecule has 0 spiro atoms. The van der Waals surface area contributed by atoms with Crippen LogP contribution < -0.4 is 0 Å². The van der Waals surface area contributed by atoms with E-state index in [9.17, 15) is 4.79 Å². The van der Waals surface area contributed by atoms with Crippen LogP contribution in [0.4, 0.5) is 0 Å². The van der Waals surface area contributed by atoms with Gasteiger partial charge < -0.3 is 9.47 Å². The van der Waals surface area contributed by atoms with Crippen LogP contribution in [-0.2, 0) is 9.47 Å². The highest BCUT2D eigenvalue weighted by atomic mass is 35.5. The molecule has 1 aromatic rings. The number of halogens is 1. The van der Waals surface area contributed by atoms with E-state index in [0.717, 1.165) is 0 Å². The van der Waals surface area contributed by atoms with Gasteiger partial charge in [-0.25, -0.2) is 4.79 Å². The van der Waals surface area contributed by atoms with E-state index in [-0.39, 0.29) is 12.1 Å². The van der Waals surface area contributed by atoms with E-state index in [4.69, 9.17) is 21.1 Å². The number of hydrogen-bond donors (Lipinski definition) is 0. The number of esters is 1. The summed E-state index contributed by atoms with van der Waals surface area (Å²) in [4.78, 5) is 11.8. The number of carbonyl (C=O) groups is 1. The van der Waals surface area contributed by atoms with Gasteiger partial charge in [-0.05, 0) is 31.0 Å². The Morgan fingerprint density at radius 1 is 1.28 bits per heavy atom. The van der Waals surface area contributed by atoms with Crippen LogP contribution in [0.5, 0.6) is 0 Å². The van der Waals surface area contributed by atoms with Gasteiger partial charge in [0.15, 0.2) is 0 Å². The summed E-state index contributed by atoms with van der Waals surface area (Å²) in [5.41, 5.74) is 0.457. The maximum absolute atomic E-state index is 11.8. The molecule has 0 aliphatic rings. The number of carbonyl (C=O) groups excluding carboxylic acids is 1. The van der Waals surface area contributed by atoms with Crippen molar-refractivity contribution in [2.45, 2.75) is 26.9 Å². The highest BCUT2D eigenvalue weighted by Crippen LogP contribution is 2.12. The Kier molecular flexibility index (Phi) is 6.16. The van der Waals surface area contributed by atoms with E-state index in [2.05, 4.69) is 13.8 Å². The van der Waals surface area contributed by atoms with Crippen molar-refractivity contribution >= 4 is 17.6 Å². The van der Waals surface area contributed by atoms with Gasteiger partial charge in [-0.1, -0.05) is 31.5 Å². The van der Waals surface area contributed by atoms with Crippen molar-refractivity contribution in [3.05, 3.63) is 34.9 Å². The first kappa shape index (κ1) is 15.0. The van der Waals surface area contributed by atoms with E-state index in [1.54, 1.807) is 24.3 Å². The first-order valence-electron chi connectivity index (χ1n) is 6.03. The molecule has 1 rings (SSSR count). The molecule has 100 valence electrons. The molecule has 0 N–H and O–H groups in total. The fraction of sp³-hybridized carbons (Fsp3) is 0.500. The highest BCUT2D eigenvalue weighted by Gasteiger charge is 2.12. The van der Waals surface area contributed by atoms with Crippen LogP contribution in [0.3, 0.4) is 0 Å². The number of rotatable bonds is 6. The maximum atomic E-state index is 11.8. The van der Waals surface area contributed by atoms with E-state index >= 15 is 0 Å². The Labute approximate surface area is 113 Å². The van der Waals surface area contributed by atoms with Crippen LogP contribution in [0.1, 0.15) is 31.1 Å². The lowest BCUT2D eigenvalue weighted by atomic mass is 10.2. The molecule has 0 bridgehead atoms. The molecule has 1 unspecified atom stereocenters. The average Bonchev–Trinajstić information content (AvgIpc) is 2.28. The first-order valence-corrected chi connectivity index (χ1v) is 6.41. The molecule has 0 aliphatic heterocycles. The average molecular weight is 271 g/mol. The monoisotopic (exact) mass is 270 g/mol. The standard InChI is InChI=1S/C14H19ClO3/c1-10(2)8-17-9-11(3)18-14(16)12-5-4-6-13(15)7-12/h4-7,10-11H,8-9H2,1-3H3. The summed E-state index contributed by atoms with van der Waals surface area (Å²) in [5.74, 6) is 0.0963. The lowest BCUT2D eigenvalue weighted by Crippen LogP contribution is -2.21. The summed E-state index contributed by atoms with van der Waals surface area (Å²) in [6, 6.07) is 6.70. The third-order valence-corrected chi connectivity index (χ3v) is 2.41. The van der Waals surface area contributed by atoms with Gasteiger partial charge in [-0.15, -0.1) is 0 Å². The molecule has 0 heterocycles. The van der Waals surface area contributed by atoms with Crippen LogP contribution in [0.25, 0.3) is 0 Å². The van der Waals surface area contributed by atoms with E-state index < -0.39 is 0 Å². The van der Waals surface area contributed by atoms with E-state index in [1.165, 1.54) is 0 Å². The second kappa shape index (κ2) is 7.39. The summed E-state index contributed by atoms with van der Waals surface area (Å²) in [6.45, 7) is 7.03. The van der Waals surface area contributed by atoms with Crippen molar-refractivity contribution in [2.24, 2.45) is 5.92 Å². The molecule has 3 nitrogen and oxygen atoms in total. The van der Waals surface area contributed by atoms with Crippen LogP contribution in [-0.4, -0.2) is 25.3 Å². The van der Waals surface area contributed by atoms with Gasteiger partial charge in [0.05, 0.1) is 12.2 Å². The van der Waals surface area contributed by atoms with Crippen molar-refractivity contribution in [3.8, 4) is 0 Å². The molecule has 0 aliphatic carbocycles. The molecule has 1 atom stereocenters. The van der Waals surface area contributed by atoms with Crippen LogP contribution in [0, 0.1) is 5.92 Å². The fourth-order valence-electron chi connectivity index (χ4n) is 1.37. The minimum Gasteiger partial charge on any atom is -0.457 e. The molecule has 1 aromatic carbocycles. The van der Waals surface area contributed by atoms with Gasteiger partial charge in [0, 0.05) is 11.6 Å². The zero-order chi connectivity index (χ0) is 13.5. The van der Waals surface area contributed by atoms with Crippen molar-refractivity contribution in [2.75, 3.05) is 13.2 Å². The largest absolute Gasteiger partial charge is 0.457 e. The van der Waals surface area contributed by atoms with E-state index in [1.807, 2.05) is 6.92 Å².